The Labute approximate surface area is 398 Å². The van der Waals surface area contributed by atoms with E-state index in [1.54, 1.807) is 11.3 Å². The maximum atomic E-state index is 7.12. The van der Waals surface area contributed by atoms with E-state index in [9.17, 15) is 0 Å². The summed E-state index contributed by atoms with van der Waals surface area (Å²) in [5.74, 6) is 1.78. The number of benzene rings is 11. The van der Waals surface area contributed by atoms with Crippen LogP contribution in [0.15, 0.2) is 223 Å². The van der Waals surface area contributed by atoms with Gasteiger partial charge in [0, 0.05) is 58.4 Å². The van der Waals surface area contributed by atoms with Crippen molar-refractivity contribution in [2.24, 2.45) is 0 Å². The van der Waals surface area contributed by atoms with Crippen LogP contribution in [0.3, 0.4) is 0 Å². The average molecular weight is 897 g/mol. The molecule has 0 aliphatic carbocycles. The summed E-state index contributed by atoms with van der Waals surface area (Å²) < 4.78 is 12.0. The first-order valence-corrected chi connectivity index (χ1v) is 24.0. The summed E-state index contributed by atoms with van der Waals surface area (Å²) >= 11 is 1.81. The number of rotatable bonds is 5. The van der Waals surface area contributed by atoms with E-state index in [0.717, 1.165) is 77.2 Å². The average Bonchev–Trinajstić information content (AvgIpc) is 4.07. The summed E-state index contributed by atoms with van der Waals surface area (Å²) in [6.07, 6.45) is 0. The highest BCUT2D eigenvalue weighted by atomic mass is 32.1. The van der Waals surface area contributed by atoms with Crippen molar-refractivity contribution in [3.8, 4) is 51.0 Å². The van der Waals surface area contributed by atoms with Gasteiger partial charge in [-0.05, 0) is 122 Å². The third-order valence-electron chi connectivity index (χ3n) is 13.9. The van der Waals surface area contributed by atoms with Crippen molar-refractivity contribution in [1.29, 1.82) is 0 Å². The van der Waals surface area contributed by atoms with Crippen LogP contribution in [-0.2, 0) is 0 Å². The molecule has 0 aliphatic heterocycles. The third kappa shape index (κ3) is 6.06. The molecule has 0 N–H and O–H groups in total. The largest absolute Gasteiger partial charge is 0.454 e. The Morgan fingerprint density at radius 2 is 0.826 bits per heavy atom. The molecular weight excluding hydrogens is 861 g/mol. The molecule has 0 radical (unpaired) electrons. The van der Waals surface area contributed by atoms with E-state index >= 15 is 0 Å². The second kappa shape index (κ2) is 14.8. The smallest absolute Gasteiger partial charge is 0.164 e. The van der Waals surface area contributed by atoms with E-state index in [2.05, 4.69) is 217 Å². The van der Waals surface area contributed by atoms with E-state index < -0.39 is 0 Å². The minimum Gasteiger partial charge on any atom is -0.454 e. The minimum atomic E-state index is 0.574. The van der Waals surface area contributed by atoms with Gasteiger partial charge in [-0.15, -0.1) is 11.3 Å². The first-order valence-electron chi connectivity index (χ1n) is 23.2. The minimum absolute atomic E-state index is 0.574. The molecule has 15 rings (SSSR count). The maximum absolute atomic E-state index is 7.12. The molecule has 0 fully saturated rings. The second-order valence-electron chi connectivity index (χ2n) is 18.0. The molecule has 15 aromatic rings. The number of aromatic nitrogens is 4. The first kappa shape index (κ1) is 38.2. The van der Waals surface area contributed by atoms with Crippen LogP contribution in [0.1, 0.15) is 0 Å². The molecule has 0 aliphatic rings. The van der Waals surface area contributed by atoms with Crippen molar-refractivity contribution < 1.29 is 4.42 Å². The second-order valence-corrected chi connectivity index (χ2v) is 19.1. The third-order valence-corrected chi connectivity index (χ3v) is 15.1. The number of nitrogens with zero attached hydrogens (tertiary/aromatic N) is 4. The van der Waals surface area contributed by atoms with Crippen LogP contribution >= 0.6 is 11.3 Å². The summed E-state index contributed by atoms with van der Waals surface area (Å²) in [5, 5.41) is 13.8. The Morgan fingerprint density at radius 1 is 0.319 bits per heavy atom. The highest BCUT2D eigenvalue weighted by Crippen LogP contribution is 2.44. The Hall–Kier alpha value is -8.97. The maximum Gasteiger partial charge on any atom is 0.164 e. The number of hydrogen-bond donors (Lipinski definition) is 0. The highest BCUT2D eigenvalue weighted by Gasteiger charge is 2.23. The number of furan rings is 1. The van der Waals surface area contributed by atoms with E-state index in [1.165, 1.54) is 52.5 Å². The predicted octanol–water partition coefficient (Wildman–Crippen LogP) is 17.4. The topological polar surface area (TPSA) is 56.7 Å². The number of thiophene rings is 1. The van der Waals surface area contributed by atoms with Gasteiger partial charge in [-0.3, -0.25) is 0 Å². The Bertz CT molecular complexity index is 4530. The van der Waals surface area contributed by atoms with Crippen molar-refractivity contribution in [1.82, 2.24) is 19.5 Å². The predicted molar refractivity (Wildman–Crippen MR) is 289 cm³/mol. The van der Waals surface area contributed by atoms with Crippen LogP contribution in [0.5, 0.6) is 0 Å². The van der Waals surface area contributed by atoms with Crippen molar-refractivity contribution >= 4 is 108 Å². The normalized spacial score (nSPS) is 12.1. The Balaban J connectivity index is 1.05. The van der Waals surface area contributed by atoms with Crippen molar-refractivity contribution in [3.63, 3.8) is 0 Å². The Morgan fingerprint density at radius 3 is 1.51 bits per heavy atom. The standard InChI is InChI=1S/C63H36N4OS/c1-2-13-37(14-3-1)38-21-12-22-45(27-38)61-64-62(46-25-26-59-52(31-46)48-23-10-11-24-58(48)69-59)66-63(65-61)47-32-53-51-30-41-17-6-9-20-44(41)36-57(51)68-60(53)56(35-47)67-54-33-42-18-7-4-15-39(42)28-49(54)50-29-40-16-5-8-19-43(40)34-55(50)67/h1-36H. The molecule has 0 saturated heterocycles. The van der Waals surface area contributed by atoms with Gasteiger partial charge in [-0.25, -0.2) is 15.0 Å². The number of hydrogen-bond acceptors (Lipinski definition) is 5. The van der Waals surface area contributed by atoms with E-state index in [1.807, 2.05) is 6.07 Å². The zero-order valence-electron chi connectivity index (χ0n) is 36.9. The van der Waals surface area contributed by atoms with Gasteiger partial charge in [0.05, 0.1) is 16.7 Å². The number of fused-ring (bicyclic) bond motifs is 12. The van der Waals surface area contributed by atoms with Crippen LogP contribution in [0.2, 0.25) is 0 Å². The van der Waals surface area contributed by atoms with E-state index in [-0.39, 0.29) is 0 Å². The molecular formula is C63H36N4OS. The van der Waals surface area contributed by atoms with Crippen molar-refractivity contribution in [2.75, 3.05) is 0 Å². The zero-order chi connectivity index (χ0) is 45.2. The van der Waals surface area contributed by atoms with Gasteiger partial charge >= 0.3 is 0 Å². The monoisotopic (exact) mass is 896 g/mol. The summed E-state index contributed by atoms with van der Waals surface area (Å²) in [6.45, 7) is 0. The van der Waals surface area contributed by atoms with Crippen LogP contribution < -0.4 is 0 Å². The van der Waals surface area contributed by atoms with Crippen LogP contribution in [0, 0.1) is 0 Å². The molecule has 11 aromatic carbocycles. The molecule has 0 amide bonds. The summed E-state index contributed by atoms with van der Waals surface area (Å²) in [4.78, 5) is 16.2. The molecule has 6 heteroatoms. The summed E-state index contributed by atoms with van der Waals surface area (Å²) in [7, 11) is 0. The van der Waals surface area contributed by atoms with Gasteiger partial charge < -0.3 is 8.98 Å². The van der Waals surface area contributed by atoms with Crippen molar-refractivity contribution in [2.45, 2.75) is 0 Å². The van der Waals surface area contributed by atoms with Crippen LogP contribution in [0.25, 0.3) is 147 Å². The lowest BCUT2D eigenvalue weighted by Crippen LogP contribution is -2.02. The molecule has 0 bridgehead atoms. The van der Waals surface area contributed by atoms with E-state index in [4.69, 9.17) is 19.4 Å². The van der Waals surface area contributed by atoms with E-state index in [0.29, 0.717) is 17.5 Å². The van der Waals surface area contributed by atoms with Crippen molar-refractivity contribution in [3.05, 3.63) is 218 Å². The summed E-state index contributed by atoms with van der Waals surface area (Å²) in [6, 6.07) is 78.1. The first-order chi connectivity index (χ1) is 34.1. The zero-order valence-corrected chi connectivity index (χ0v) is 37.7. The van der Waals surface area contributed by atoms with Gasteiger partial charge in [0.15, 0.2) is 23.1 Å². The SMILES string of the molecule is c1ccc(-c2cccc(-c3nc(-c4ccc5sc6ccccc6c5c4)nc(-c4cc(-n5c6cc7ccccc7cc6c6cc7ccccc7cc65)c5oc6cc7ccccc7cc6c5c4)n3)c2)cc1. The van der Waals surface area contributed by atoms with Gasteiger partial charge in [-0.1, -0.05) is 140 Å². The molecule has 0 spiro atoms. The molecule has 0 unspecified atom stereocenters. The quantitative estimate of drug-likeness (QED) is 0.173. The highest BCUT2D eigenvalue weighted by molar-refractivity contribution is 7.25. The fourth-order valence-electron chi connectivity index (χ4n) is 10.6. The van der Waals surface area contributed by atoms with Gasteiger partial charge in [0.2, 0.25) is 0 Å². The fourth-order valence-corrected chi connectivity index (χ4v) is 11.7. The lowest BCUT2D eigenvalue weighted by atomic mass is 10.0. The van der Waals surface area contributed by atoms with Crippen LogP contribution in [-0.4, -0.2) is 19.5 Å². The molecule has 0 saturated carbocycles. The fraction of sp³-hybridized carbons (Fsp3) is 0. The van der Waals surface area contributed by atoms with Gasteiger partial charge in [0.25, 0.3) is 0 Å². The molecule has 5 nitrogen and oxygen atoms in total. The Kier molecular flexibility index (Phi) is 8.17. The molecule has 4 heterocycles. The van der Waals surface area contributed by atoms with Gasteiger partial charge in [0.1, 0.15) is 5.58 Å². The lowest BCUT2D eigenvalue weighted by molar-refractivity contribution is 0.667. The van der Waals surface area contributed by atoms with Crippen LogP contribution in [0.4, 0.5) is 0 Å². The molecule has 4 aromatic heterocycles. The van der Waals surface area contributed by atoms with Gasteiger partial charge in [-0.2, -0.15) is 0 Å². The molecule has 69 heavy (non-hydrogen) atoms. The molecule has 320 valence electrons. The summed E-state index contributed by atoms with van der Waals surface area (Å²) in [5.41, 5.74) is 9.63. The lowest BCUT2D eigenvalue weighted by Gasteiger charge is -2.13. The molecule has 0 atom stereocenters.